The number of aryl methyl sites for hydroxylation is 1. The highest BCUT2D eigenvalue weighted by Gasteiger charge is 2.14. The minimum absolute atomic E-state index is 0.896. The van der Waals surface area contributed by atoms with Gasteiger partial charge in [-0.1, -0.05) is 18.2 Å². The number of nitrogens with zero attached hydrogens (tertiary/aromatic N) is 2. The molecule has 6 heteroatoms. The van der Waals surface area contributed by atoms with Crippen LogP contribution in [0.3, 0.4) is 0 Å². The molecule has 1 fully saturated rings. The molecule has 5 nitrogen and oxygen atoms in total. The Balaban J connectivity index is 1.48. The molecule has 3 heterocycles. The van der Waals surface area contributed by atoms with Gasteiger partial charge in [-0.3, -0.25) is 0 Å². The molecule has 0 bridgehead atoms. The number of H-pyrrole nitrogens is 1. The lowest BCUT2D eigenvalue weighted by atomic mass is 10.0. The average Bonchev–Trinajstić information content (AvgIpc) is 3.16. The number of benzene rings is 2. The smallest absolute Gasteiger partial charge is 0.132 e. The van der Waals surface area contributed by atoms with E-state index in [4.69, 9.17) is 9.72 Å². The van der Waals surface area contributed by atoms with Crippen molar-refractivity contribution in [3.05, 3.63) is 63.9 Å². The second-order valence-electron chi connectivity index (χ2n) is 7.88. The summed E-state index contributed by atoms with van der Waals surface area (Å²) in [6.45, 7) is 6.21. The maximum Gasteiger partial charge on any atom is 0.132 e. The zero-order chi connectivity index (χ0) is 21.4. The Hall–Kier alpha value is -2.58. The van der Waals surface area contributed by atoms with Crippen LogP contribution in [0.15, 0.2) is 54.7 Å². The van der Waals surface area contributed by atoms with Crippen LogP contribution in [-0.4, -0.2) is 43.3 Å². The fourth-order valence-corrected chi connectivity index (χ4v) is 4.81. The van der Waals surface area contributed by atoms with Gasteiger partial charge in [-0.15, -0.1) is 0 Å². The molecule has 1 aliphatic rings. The van der Waals surface area contributed by atoms with E-state index in [0.717, 1.165) is 63.7 Å². The highest BCUT2D eigenvalue weighted by atomic mass is 127. The van der Waals surface area contributed by atoms with Crippen molar-refractivity contribution in [2.24, 2.45) is 0 Å². The Morgan fingerprint density at radius 1 is 0.968 bits per heavy atom. The zero-order valence-corrected chi connectivity index (χ0v) is 19.9. The highest BCUT2D eigenvalue weighted by molar-refractivity contribution is 14.1. The number of rotatable bonds is 4. The van der Waals surface area contributed by atoms with E-state index in [9.17, 15) is 0 Å². The molecule has 0 atom stereocenters. The molecule has 1 aliphatic heterocycles. The largest absolute Gasteiger partial charge is 0.496 e. The van der Waals surface area contributed by atoms with Crippen LogP contribution in [0.4, 0.5) is 5.82 Å². The van der Waals surface area contributed by atoms with Gasteiger partial charge in [0.25, 0.3) is 0 Å². The number of ether oxygens (including phenoxy) is 1. The Morgan fingerprint density at radius 2 is 1.74 bits per heavy atom. The van der Waals surface area contributed by atoms with E-state index in [0.29, 0.717) is 0 Å². The van der Waals surface area contributed by atoms with Crippen molar-refractivity contribution in [3.63, 3.8) is 0 Å². The standard InChI is InChI=1S/C25H25IN4O/c1-16-20-6-3-17(19-5-8-24(28-15-19)30-11-9-27-10-12-30)13-22(20)29-25(16)18-4-7-21(26)23(14-18)31-2/h3-8,13-15,27,29H,9-12H2,1-2H3. The van der Waals surface area contributed by atoms with Crippen LogP contribution in [-0.2, 0) is 0 Å². The first-order chi connectivity index (χ1) is 15.1. The van der Waals surface area contributed by atoms with Crippen LogP contribution in [0.25, 0.3) is 33.3 Å². The van der Waals surface area contributed by atoms with Crippen LogP contribution in [0.2, 0.25) is 0 Å². The molecule has 31 heavy (non-hydrogen) atoms. The number of hydrogen-bond donors (Lipinski definition) is 2. The number of methoxy groups -OCH3 is 1. The minimum Gasteiger partial charge on any atom is -0.496 e. The lowest BCUT2D eigenvalue weighted by Gasteiger charge is -2.28. The monoisotopic (exact) mass is 524 g/mol. The van der Waals surface area contributed by atoms with Gasteiger partial charge in [0, 0.05) is 60.1 Å². The van der Waals surface area contributed by atoms with Gasteiger partial charge < -0.3 is 19.9 Å². The van der Waals surface area contributed by atoms with Crippen molar-refractivity contribution in [2.75, 3.05) is 38.2 Å². The number of nitrogens with one attached hydrogen (secondary N) is 2. The van der Waals surface area contributed by atoms with E-state index in [1.54, 1.807) is 7.11 Å². The van der Waals surface area contributed by atoms with Crippen molar-refractivity contribution < 1.29 is 4.74 Å². The topological polar surface area (TPSA) is 53.2 Å². The average molecular weight is 524 g/mol. The third-order valence-electron chi connectivity index (χ3n) is 6.02. The normalized spacial score (nSPS) is 14.2. The van der Waals surface area contributed by atoms with Gasteiger partial charge in [-0.05, 0) is 71.0 Å². The first-order valence-electron chi connectivity index (χ1n) is 10.5. The molecular weight excluding hydrogens is 499 g/mol. The maximum atomic E-state index is 5.52. The molecule has 0 saturated carbocycles. The van der Waals surface area contributed by atoms with E-state index in [1.165, 1.54) is 16.5 Å². The first kappa shape index (κ1) is 20.3. The van der Waals surface area contributed by atoms with E-state index >= 15 is 0 Å². The van der Waals surface area contributed by atoms with Gasteiger partial charge in [-0.25, -0.2) is 4.98 Å². The highest BCUT2D eigenvalue weighted by Crippen LogP contribution is 2.35. The van der Waals surface area contributed by atoms with Crippen molar-refractivity contribution in [1.29, 1.82) is 0 Å². The number of pyridine rings is 1. The molecule has 1 saturated heterocycles. The fraction of sp³-hybridized carbons (Fsp3) is 0.240. The van der Waals surface area contributed by atoms with Crippen LogP contribution in [0, 0.1) is 10.5 Å². The van der Waals surface area contributed by atoms with E-state index in [2.05, 4.69) is 93.2 Å². The summed E-state index contributed by atoms with van der Waals surface area (Å²) in [5.41, 5.74) is 6.94. The Kier molecular flexibility index (Phi) is 5.58. The maximum absolute atomic E-state index is 5.52. The van der Waals surface area contributed by atoms with Gasteiger partial charge in [0.05, 0.1) is 10.7 Å². The van der Waals surface area contributed by atoms with Gasteiger partial charge >= 0.3 is 0 Å². The molecule has 0 spiro atoms. The molecule has 4 aromatic rings. The molecule has 0 aliphatic carbocycles. The third kappa shape index (κ3) is 3.90. The van der Waals surface area contributed by atoms with Crippen LogP contribution < -0.4 is 15.0 Å². The van der Waals surface area contributed by atoms with Gasteiger partial charge in [0.1, 0.15) is 11.6 Å². The van der Waals surface area contributed by atoms with E-state index in [-0.39, 0.29) is 0 Å². The van der Waals surface area contributed by atoms with Gasteiger partial charge in [0.2, 0.25) is 0 Å². The number of fused-ring (bicyclic) bond motifs is 1. The van der Waals surface area contributed by atoms with Crippen molar-refractivity contribution in [2.45, 2.75) is 6.92 Å². The van der Waals surface area contributed by atoms with E-state index < -0.39 is 0 Å². The lowest BCUT2D eigenvalue weighted by molar-refractivity contribution is 0.412. The summed E-state index contributed by atoms with van der Waals surface area (Å²) in [7, 11) is 1.72. The minimum atomic E-state index is 0.896. The molecule has 2 N–H and O–H groups in total. The van der Waals surface area contributed by atoms with Crippen molar-refractivity contribution >= 4 is 39.3 Å². The summed E-state index contributed by atoms with van der Waals surface area (Å²) in [5, 5.41) is 4.62. The van der Waals surface area contributed by atoms with Crippen LogP contribution in [0.1, 0.15) is 5.56 Å². The molecule has 5 rings (SSSR count). The lowest BCUT2D eigenvalue weighted by Crippen LogP contribution is -2.43. The first-order valence-corrected chi connectivity index (χ1v) is 11.6. The molecule has 158 valence electrons. The summed E-state index contributed by atoms with van der Waals surface area (Å²) in [5.74, 6) is 1.95. The summed E-state index contributed by atoms with van der Waals surface area (Å²) in [6, 6.07) is 17.2. The summed E-state index contributed by atoms with van der Waals surface area (Å²) < 4.78 is 6.62. The summed E-state index contributed by atoms with van der Waals surface area (Å²) in [6.07, 6.45) is 1.99. The number of aromatic nitrogens is 2. The van der Waals surface area contributed by atoms with Crippen LogP contribution >= 0.6 is 22.6 Å². The van der Waals surface area contributed by atoms with Gasteiger partial charge in [0.15, 0.2) is 0 Å². The molecule has 0 radical (unpaired) electrons. The molecule has 2 aromatic heterocycles. The fourth-order valence-electron chi connectivity index (χ4n) is 4.26. The SMILES string of the molecule is COc1cc(-c2[nH]c3cc(-c4ccc(N5CCNCC5)nc4)ccc3c2C)ccc1I. The second-order valence-corrected chi connectivity index (χ2v) is 9.04. The Bertz CT molecular complexity index is 1230. The van der Waals surface area contributed by atoms with Crippen molar-refractivity contribution in [1.82, 2.24) is 15.3 Å². The van der Waals surface area contributed by atoms with Gasteiger partial charge in [-0.2, -0.15) is 0 Å². The number of hydrogen-bond acceptors (Lipinski definition) is 4. The van der Waals surface area contributed by atoms with Crippen LogP contribution in [0.5, 0.6) is 5.75 Å². The number of halogens is 1. The van der Waals surface area contributed by atoms with E-state index in [1.807, 2.05) is 6.20 Å². The number of anilines is 1. The molecule has 2 aromatic carbocycles. The third-order valence-corrected chi connectivity index (χ3v) is 6.91. The molecule has 0 amide bonds. The summed E-state index contributed by atoms with van der Waals surface area (Å²) in [4.78, 5) is 10.7. The molecular formula is C25H25IN4O. The number of piperazine rings is 1. The predicted octanol–water partition coefficient (Wildman–Crippen LogP) is 5.23. The predicted molar refractivity (Wildman–Crippen MR) is 136 cm³/mol. The molecule has 0 unspecified atom stereocenters. The zero-order valence-electron chi connectivity index (χ0n) is 17.7. The second kappa shape index (κ2) is 8.51. The number of aromatic amines is 1. The van der Waals surface area contributed by atoms with Crippen molar-refractivity contribution in [3.8, 4) is 28.1 Å². The quantitative estimate of drug-likeness (QED) is 0.359. The summed E-state index contributed by atoms with van der Waals surface area (Å²) >= 11 is 2.30. The Labute approximate surface area is 196 Å². The Morgan fingerprint density at radius 3 is 2.48 bits per heavy atom.